The number of benzene rings is 2. The summed E-state index contributed by atoms with van der Waals surface area (Å²) in [4.78, 5) is 14.7. The smallest absolute Gasteiger partial charge is 0.315 e. The summed E-state index contributed by atoms with van der Waals surface area (Å²) < 4.78 is 5.54. The fourth-order valence-corrected chi connectivity index (χ4v) is 4.11. The molecule has 2 amide bonds. The minimum absolute atomic E-state index is 0.0592. The number of rotatable bonds is 6. The van der Waals surface area contributed by atoms with Gasteiger partial charge >= 0.3 is 6.03 Å². The lowest BCUT2D eigenvalue weighted by molar-refractivity contribution is 0.180. The number of likely N-dealkylation sites (tertiary alicyclic amines) is 1. The highest BCUT2D eigenvalue weighted by atomic mass is 16.5. The Morgan fingerprint density at radius 2 is 2.04 bits per heavy atom. The number of nitrogens with zero attached hydrogens (tertiary/aromatic N) is 1. The molecule has 2 heterocycles. The van der Waals surface area contributed by atoms with Crippen LogP contribution in [0.25, 0.3) is 0 Å². The van der Waals surface area contributed by atoms with Crippen molar-refractivity contribution >= 4 is 6.03 Å². The maximum absolute atomic E-state index is 12.3. The average molecular weight is 380 g/mol. The number of ether oxygens (including phenoxy) is 1. The van der Waals surface area contributed by atoms with Crippen molar-refractivity contribution in [3.05, 3.63) is 65.2 Å². The van der Waals surface area contributed by atoms with Gasteiger partial charge in [-0.3, -0.25) is 4.90 Å². The largest absolute Gasteiger partial charge is 0.493 e. The number of carbonyl (C=O) groups excluding carboxylic acids is 1. The molecule has 0 bridgehead atoms. The fourth-order valence-electron chi connectivity index (χ4n) is 4.11. The molecule has 1 atom stereocenters. The third-order valence-corrected chi connectivity index (χ3v) is 5.54. The zero-order valence-corrected chi connectivity index (χ0v) is 16.3. The number of fused-ring (bicyclic) bond motifs is 1. The minimum Gasteiger partial charge on any atom is -0.493 e. The molecule has 28 heavy (non-hydrogen) atoms. The van der Waals surface area contributed by atoms with Crippen molar-refractivity contribution in [2.75, 3.05) is 26.2 Å². The third kappa shape index (κ3) is 5.04. The van der Waals surface area contributed by atoms with Crippen LogP contribution in [-0.2, 0) is 19.4 Å². The molecular weight excluding hydrogens is 350 g/mol. The van der Waals surface area contributed by atoms with Crippen LogP contribution in [0.3, 0.4) is 0 Å². The number of piperidine rings is 1. The molecule has 5 heteroatoms. The van der Waals surface area contributed by atoms with Crippen molar-refractivity contribution in [2.45, 2.75) is 38.3 Å². The van der Waals surface area contributed by atoms with Crippen LogP contribution in [0, 0.1) is 0 Å². The summed E-state index contributed by atoms with van der Waals surface area (Å²) in [5, 5.41) is 6.16. The normalized spacial score (nSPS) is 18.9. The van der Waals surface area contributed by atoms with E-state index < -0.39 is 0 Å². The molecule has 148 valence electrons. The van der Waals surface area contributed by atoms with E-state index in [9.17, 15) is 4.79 Å². The Bertz CT molecular complexity index is 794. The van der Waals surface area contributed by atoms with Gasteiger partial charge in [0.1, 0.15) is 5.75 Å². The molecule has 0 radical (unpaired) electrons. The molecule has 0 aliphatic carbocycles. The number of urea groups is 1. The molecule has 2 aromatic rings. The van der Waals surface area contributed by atoms with E-state index in [1.54, 1.807) is 0 Å². The van der Waals surface area contributed by atoms with Gasteiger partial charge in [0.25, 0.3) is 0 Å². The second kappa shape index (κ2) is 9.11. The quantitative estimate of drug-likeness (QED) is 0.811. The summed E-state index contributed by atoms with van der Waals surface area (Å²) in [6.45, 7) is 4.38. The predicted octanol–water partition coefficient (Wildman–Crippen LogP) is 3.13. The van der Waals surface area contributed by atoms with Crippen molar-refractivity contribution in [1.29, 1.82) is 0 Å². The van der Waals surface area contributed by atoms with E-state index in [0.717, 1.165) is 57.7 Å². The lowest BCUT2D eigenvalue weighted by Gasteiger charge is -2.33. The molecule has 0 spiro atoms. The zero-order chi connectivity index (χ0) is 19.2. The van der Waals surface area contributed by atoms with Crippen LogP contribution in [0.5, 0.6) is 5.75 Å². The van der Waals surface area contributed by atoms with E-state index in [0.29, 0.717) is 6.54 Å². The van der Waals surface area contributed by atoms with Gasteiger partial charge in [-0.2, -0.15) is 0 Å². The Hall–Kier alpha value is -2.53. The van der Waals surface area contributed by atoms with E-state index in [1.165, 1.54) is 16.7 Å². The van der Waals surface area contributed by atoms with Gasteiger partial charge in [0.15, 0.2) is 0 Å². The SMILES string of the molecule is O=C(NCCc1ccc2c(c1)CCO2)NC1CCCN(Cc2ccccc2)C1. The molecule has 2 N–H and O–H groups in total. The number of hydrogen-bond donors (Lipinski definition) is 2. The lowest BCUT2D eigenvalue weighted by Crippen LogP contribution is -2.50. The minimum atomic E-state index is -0.0592. The lowest BCUT2D eigenvalue weighted by atomic mass is 10.0. The van der Waals surface area contributed by atoms with Crippen molar-refractivity contribution in [1.82, 2.24) is 15.5 Å². The second-order valence-electron chi connectivity index (χ2n) is 7.75. The summed E-state index contributed by atoms with van der Waals surface area (Å²) in [7, 11) is 0. The van der Waals surface area contributed by atoms with E-state index in [2.05, 4.69) is 51.9 Å². The molecule has 0 aromatic heterocycles. The maximum Gasteiger partial charge on any atom is 0.315 e. The van der Waals surface area contributed by atoms with E-state index >= 15 is 0 Å². The first kappa shape index (κ1) is 18.8. The molecule has 0 saturated carbocycles. The van der Waals surface area contributed by atoms with Gasteiger partial charge in [-0.05, 0) is 48.6 Å². The van der Waals surface area contributed by atoms with Crippen LogP contribution in [-0.4, -0.2) is 43.2 Å². The van der Waals surface area contributed by atoms with Gasteiger partial charge in [-0.1, -0.05) is 42.5 Å². The van der Waals surface area contributed by atoms with Gasteiger partial charge in [0.2, 0.25) is 0 Å². The Kier molecular flexibility index (Phi) is 6.12. The topological polar surface area (TPSA) is 53.6 Å². The Balaban J connectivity index is 1.19. The molecule has 2 aliphatic heterocycles. The van der Waals surface area contributed by atoms with Gasteiger partial charge in [-0.15, -0.1) is 0 Å². The standard InChI is InChI=1S/C23H29N3O2/c27-23(24-12-10-18-8-9-22-20(15-18)11-14-28-22)25-21-7-4-13-26(17-21)16-19-5-2-1-3-6-19/h1-3,5-6,8-9,15,21H,4,7,10-14,16-17H2,(H2,24,25,27). The molecule has 1 saturated heterocycles. The number of nitrogens with one attached hydrogen (secondary N) is 2. The van der Waals surface area contributed by atoms with Crippen molar-refractivity contribution in [3.8, 4) is 5.75 Å². The maximum atomic E-state index is 12.3. The van der Waals surface area contributed by atoms with E-state index in [1.807, 2.05) is 12.1 Å². The van der Waals surface area contributed by atoms with Crippen molar-refractivity contribution < 1.29 is 9.53 Å². The Labute approximate surface area is 167 Å². The Morgan fingerprint density at radius 3 is 2.93 bits per heavy atom. The first-order chi connectivity index (χ1) is 13.8. The first-order valence-electron chi connectivity index (χ1n) is 10.3. The van der Waals surface area contributed by atoms with Crippen LogP contribution >= 0.6 is 0 Å². The second-order valence-corrected chi connectivity index (χ2v) is 7.75. The summed E-state index contributed by atoms with van der Waals surface area (Å²) in [6.07, 6.45) is 3.99. The summed E-state index contributed by atoms with van der Waals surface area (Å²) >= 11 is 0. The fraction of sp³-hybridized carbons (Fsp3) is 0.435. The van der Waals surface area contributed by atoms with Crippen molar-refractivity contribution in [2.24, 2.45) is 0 Å². The number of amides is 2. The molecule has 5 nitrogen and oxygen atoms in total. The molecule has 2 aromatic carbocycles. The summed E-state index contributed by atoms with van der Waals surface area (Å²) in [6, 6.07) is 17.0. The third-order valence-electron chi connectivity index (χ3n) is 5.54. The van der Waals surface area contributed by atoms with Crippen LogP contribution in [0.2, 0.25) is 0 Å². The van der Waals surface area contributed by atoms with Crippen LogP contribution < -0.4 is 15.4 Å². The van der Waals surface area contributed by atoms with E-state index in [4.69, 9.17) is 4.74 Å². The van der Waals surface area contributed by atoms with Gasteiger partial charge < -0.3 is 15.4 Å². The molecule has 1 fully saturated rings. The van der Waals surface area contributed by atoms with Gasteiger partial charge in [-0.25, -0.2) is 4.79 Å². The number of hydrogen-bond acceptors (Lipinski definition) is 3. The van der Waals surface area contributed by atoms with Crippen LogP contribution in [0.15, 0.2) is 48.5 Å². The summed E-state index contributed by atoms with van der Waals surface area (Å²) in [5.41, 5.74) is 3.85. The predicted molar refractivity (Wildman–Crippen MR) is 111 cm³/mol. The average Bonchev–Trinajstić information content (AvgIpc) is 3.17. The number of carbonyl (C=O) groups is 1. The zero-order valence-electron chi connectivity index (χ0n) is 16.3. The van der Waals surface area contributed by atoms with Gasteiger partial charge in [0.05, 0.1) is 6.61 Å². The summed E-state index contributed by atoms with van der Waals surface area (Å²) in [5.74, 6) is 1.01. The highest BCUT2D eigenvalue weighted by Gasteiger charge is 2.21. The van der Waals surface area contributed by atoms with Crippen LogP contribution in [0.4, 0.5) is 4.79 Å². The molecule has 4 rings (SSSR count). The van der Waals surface area contributed by atoms with Gasteiger partial charge in [0, 0.05) is 32.1 Å². The Morgan fingerprint density at radius 1 is 1.14 bits per heavy atom. The molecule has 2 aliphatic rings. The monoisotopic (exact) mass is 379 g/mol. The molecule has 1 unspecified atom stereocenters. The highest BCUT2D eigenvalue weighted by Crippen LogP contribution is 2.25. The van der Waals surface area contributed by atoms with E-state index in [-0.39, 0.29) is 12.1 Å². The molecular formula is C23H29N3O2. The first-order valence-corrected chi connectivity index (χ1v) is 10.3. The van der Waals surface area contributed by atoms with Crippen molar-refractivity contribution in [3.63, 3.8) is 0 Å². The highest BCUT2D eigenvalue weighted by molar-refractivity contribution is 5.74. The van der Waals surface area contributed by atoms with Crippen LogP contribution in [0.1, 0.15) is 29.5 Å².